The summed E-state index contributed by atoms with van der Waals surface area (Å²) < 4.78 is 0. The zero-order chi connectivity index (χ0) is 13.8. The highest BCUT2D eigenvalue weighted by molar-refractivity contribution is 5.97. The third-order valence-corrected chi connectivity index (χ3v) is 2.87. The number of carbonyl (C=O) groups is 1. The lowest BCUT2D eigenvalue weighted by molar-refractivity contribution is -0.384. The molecule has 9 nitrogen and oxygen atoms in total. The molecule has 0 N–H and O–H groups in total. The standard InChI is InChI=1S/C10H10N6O3/c11-14-13-4-7-3-10(17)15(6-7)8-1-2-12-5-9(8)16(18)19/h1-2,5,7H,3-4,6H2. The van der Waals surface area contributed by atoms with E-state index in [1.165, 1.54) is 17.2 Å². The fourth-order valence-corrected chi connectivity index (χ4v) is 2.04. The number of nitrogens with zero attached hydrogens (tertiary/aromatic N) is 6. The quantitative estimate of drug-likeness (QED) is 0.269. The van der Waals surface area contributed by atoms with Gasteiger partial charge in [-0.25, -0.2) is 0 Å². The van der Waals surface area contributed by atoms with Crippen LogP contribution in [0.3, 0.4) is 0 Å². The van der Waals surface area contributed by atoms with Gasteiger partial charge in [0, 0.05) is 30.6 Å². The van der Waals surface area contributed by atoms with E-state index in [1.807, 2.05) is 0 Å². The Morgan fingerprint density at radius 3 is 3.16 bits per heavy atom. The SMILES string of the molecule is [N-]=[N+]=NCC1CC(=O)N(c2ccncc2[N+](=O)[O-])C1. The average molecular weight is 262 g/mol. The summed E-state index contributed by atoms with van der Waals surface area (Å²) in [5, 5.41) is 14.3. The van der Waals surface area contributed by atoms with Gasteiger partial charge in [-0.3, -0.25) is 19.9 Å². The second kappa shape index (κ2) is 5.32. The highest BCUT2D eigenvalue weighted by Gasteiger charge is 2.33. The molecule has 19 heavy (non-hydrogen) atoms. The minimum atomic E-state index is -0.573. The summed E-state index contributed by atoms with van der Waals surface area (Å²) in [7, 11) is 0. The molecule has 0 bridgehead atoms. The van der Waals surface area contributed by atoms with Crippen LogP contribution in [0.4, 0.5) is 11.4 Å². The fourth-order valence-electron chi connectivity index (χ4n) is 2.04. The van der Waals surface area contributed by atoms with Gasteiger partial charge in [-0.2, -0.15) is 0 Å². The van der Waals surface area contributed by atoms with Crippen LogP contribution in [0.2, 0.25) is 0 Å². The molecular weight excluding hydrogens is 252 g/mol. The van der Waals surface area contributed by atoms with Crippen LogP contribution in [0.5, 0.6) is 0 Å². The van der Waals surface area contributed by atoms with Crippen molar-refractivity contribution in [2.45, 2.75) is 6.42 Å². The van der Waals surface area contributed by atoms with Crippen molar-refractivity contribution in [3.05, 3.63) is 39.0 Å². The van der Waals surface area contributed by atoms with Gasteiger partial charge >= 0.3 is 5.69 Å². The highest BCUT2D eigenvalue weighted by atomic mass is 16.6. The molecule has 1 aromatic rings. The zero-order valence-electron chi connectivity index (χ0n) is 9.84. The van der Waals surface area contributed by atoms with E-state index < -0.39 is 4.92 Å². The van der Waals surface area contributed by atoms with Crippen LogP contribution in [0.1, 0.15) is 6.42 Å². The van der Waals surface area contributed by atoms with E-state index in [9.17, 15) is 14.9 Å². The lowest BCUT2D eigenvalue weighted by atomic mass is 10.1. The second-order valence-corrected chi connectivity index (χ2v) is 4.11. The molecule has 0 aromatic carbocycles. The summed E-state index contributed by atoms with van der Waals surface area (Å²) in [5.74, 6) is -0.330. The number of anilines is 1. The summed E-state index contributed by atoms with van der Waals surface area (Å²) in [4.78, 5) is 29.9. The topological polar surface area (TPSA) is 125 Å². The third-order valence-electron chi connectivity index (χ3n) is 2.87. The predicted octanol–water partition coefficient (Wildman–Crippen LogP) is 1.65. The van der Waals surface area contributed by atoms with Gasteiger partial charge in [-0.05, 0) is 17.5 Å². The van der Waals surface area contributed by atoms with Crippen molar-refractivity contribution in [3.8, 4) is 0 Å². The van der Waals surface area contributed by atoms with Gasteiger partial charge in [-0.15, -0.1) is 0 Å². The Bertz CT molecular complexity index is 568. The van der Waals surface area contributed by atoms with E-state index >= 15 is 0 Å². The number of hydrogen-bond donors (Lipinski definition) is 0. The van der Waals surface area contributed by atoms with Gasteiger partial charge in [0.05, 0.1) is 4.92 Å². The Morgan fingerprint density at radius 1 is 1.68 bits per heavy atom. The minimum absolute atomic E-state index is 0.115. The smallest absolute Gasteiger partial charge is 0.306 e. The van der Waals surface area contributed by atoms with Crippen molar-refractivity contribution in [1.82, 2.24) is 4.98 Å². The molecule has 1 atom stereocenters. The van der Waals surface area contributed by atoms with Crippen molar-refractivity contribution in [2.75, 3.05) is 18.0 Å². The monoisotopic (exact) mass is 262 g/mol. The van der Waals surface area contributed by atoms with Crippen molar-refractivity contribution < 1.29 is 9.72 Å². The Labute approximate surface area is 107 Å². The number of hydrogen-bond acceptors (Lipinski definition) is 5. The van der Waals surface area contributed by atoms with Gasteiger partial charge in [0.15, 0.2) is 0 Å². The summed E-state index contributed by atoms with van der Waals surface area (Å²) >= 11 is 0. The summed E-state index contributed by atoms with van der Waals surface area (Å²) in [6.45, 7) is 0.514. The van der Waals surface area contributed by atoms with E-state index in [4.69, 9.17) is 5.53 Å². The van der Waals surface area contributed by atoms with Crippen molar-refractivity contribution in [1.29, 1.82) is 0 Å². The fraction of sp³-hybridized carbons (Fsp3) is 0.400. The van der Waals surface area contributed by atoms with Gasteiger partial charge in [-0.1, -0.05) is 5.11 Å². The molecule has 1 amide bonds. The highest BCUT2D eigenvalue weighted by Crippen LogP contribution is 2.31. The number of rotatable bonds is 4. The van der Waals surface area contributed by atoms with Gasteiger partial charge < -0.3 is 4.90 Å². The first-order valence-electron chi connectivity index (χ1n) is 5.53. The van der Waals surface area contributed by atoms with Crippen LogP contribution >= 0.6 is 0 Å². The van der Waals surface area contributed by atoms with Crippen LogP contribution in [0.25, 0.3) is 10.4 Å². The lowest BCUT2D eigenvalue weighted by Gasteiger charge is -2.15. The van der Waals surface area contributed by atoms with E-state index in [-0.39, 0.29) is 36.2 Å². The van der Waals surface area contributed by atoms with Gasteiger partial charge in [0.2, 0.25) is 5.91 Å². The Morgan fingerprint density at radius 2 is 2.47 bits per heavy atom. The molecule has 1 aromatic heterocycles. The van der Waals surface area contributed by atoms with Gasteiger partial charge in [0.25, 0.3) is 0 Å². The van der Waals surface area contributed by atoms with Crippen molar-refractivity contribution in [2.24, 2.45) is 11.0 Å². The number of pyridine rings is 1. The molecule has 1 fully saturated rings. The first-order chi connectivity index (χ1) is 9.13. The summed E-state index contributed by atoms with van der Waals surface area (Å²) in [5.41, 5.74) is 8.28. The molecule has 2 rings (SSSR count). The van der Waals surface area contributed by atoms with E-state index in [1.54, 1.807) is 0 Å². The molecule has 1 aliphatic rings. The molecule has 1 unspecified atom stereocenters. The Balaban J connectivity index is 2.25. The lowest BCUT2D eigenvalue weighted by Crippen LogP contribution is -2.25. The normalized spacial score (nSPS) is 18.2. The largest absolute Gasteiger partial charge is 0.311 e. The molecular formula is C10H10N6O3. The molecule has 1 saturated heterocycles. The molecule has 9 heteroatoms. The molecule has 98 valence electrons. The van der Waals surface area contributed by atoms with Crippen LogP contribution in [0, 0.1) is 16.0 Å². The molecule has 0 spiro atoms. The zero-order valence-corrected chi connectivity index (χ0v) is 9.84. The maximum atomic E-state index is 11.9. The van der Waals surface area contributed by atoms with Gasteiger partial charge in [0.1, 0.15) is 11.9 Å². The number of azide groups is 1. The van der Waals surface area contributed by atoms with Crippen LogP contribution in [-0.2, 0) is 4.79 Å². The minimum Gasteiger partial charge on any atom is -0.306 e. The number of nitro groups is 1. The van der Waals surface area contributed by atoms with Crippen LogP contribution in [-0.4, -0.2) is 28.9 Å². The first kappa shape index (κ1) is 12.8. The molecule has 0 aliphatic carbocycles. The first-order valence-corrected chi connectivity index (χ1v) is 5.53. The van der Waals surface area contributed by atoms with E-state index in [0.717, 1.165) is 6.20 Å². The Kier molecular flexibility index (Phi) is 3.58. The van der Waals surface area contributed by atoms with Crippen molar-refractivity contribution >= 4 is 17.3 Å². The number of amides is 1. The molecule has 0 radical (unpaired) electrons. The molecule has 1 aliphatic heterocycles. The number of aromatic nitrogens is 1. The summed E-state index contributed by atoms with van der Waals surface area (Å²) in [6, 6.07) is 1.44. The van der Waals surface area contributed by atoms with Crippen molar-refractivity contribution in [3.63, 3.8) is 0 Å². The van der Waals surface area contributed by atoms with E-state index in [0.29, 0.717) is 6.54 Å². The van der Waals surface area contributed by atoms with Crippen LogP contribution < -0.4 is 4.90 Å². The van der Waals surface area contributed by atoms with Crippen LogP contribution in [0.15, 0.2) is 23.6 Å². The average Bonchev–Trinajstić information content (AvgIpc) is 2.77. The predicted molar refractivity (Wildman–Crippen MR) is 65.4 cm³/mol. The Hall–Kier alpha value is -2.67. The van der Waals surface area contributed by atoms with E-state index in [2.05, 4.69) is 15.0 Å². The molecule has 2 heterocycles. The number of carbonyl (C=O) groups excluding carboxylic acids is 1. The maximum Gasteiger partial charge on any atom is 0.311 e. The maximum absolute atomic E-state index is 11.9. The third kappa shape index (κ3) is 2.61. The second-order valence-electron chi connectivity index (χ2n) is 4.11. The molecule has 0 saturated carbocycles. The summed E-state index contributed by atoms with van der Waals surface area (Å²) in [6.07, 6.45) is 2.73.